The first-order chi connectivity index (χ1) is 19.2. The van der Waals surface area contributed by atoms with Crippen molar-refractivity contribution in [3.63, 3.8) is 0 Å². The molecule has 1 saturated heterocycles. The van der Waals surface area contributed by atoms with E-state index in [9.17, 15) is 29.1 Å². The van der Waals surface area contributed by atoms with E-state index >= 15 is 0 Å². The van der Waals surface area contributed by atoms with Crippen molar-refractivity contribution in [2.24, 2.45) is 10.7 Å². The molecule has 2 unspecified atom stereocenters. The van der Waals surface area contributed by atoms with Crippen LogP contribution < -0.4 is 15.3 Å². The fraction of sp³-hybridized carbons (Fsp3) is 0.462. The van der Waals surface area contributed by atoms with Crippen molar-refractivity contribution in [3.05, 3.63) is 54.5 Å². The van der Waals surface area contributed by atoms with E-state index < -0.39 is 74.5 Å². The monoisotopic (exact) mass is 596 g/mol. The highest BCUT2D eigenvalue weighted by Crippen LogP contribution is 2.48. The van der Waals surface area contributed by atoms with Gasteiger partial charge in [-0.3, -0.25) is 9.32 Å². The minimum Gasteiger partial charge on any atom is -0.462 e. The number of ether oxygens (including phenoxy) is 2. The van der Waals surface area contributed by atoms with Crippen molar-refractivity contribution < 1.29 is 47.6 Å². The molecule has 13 nitrogen and oxygen atoms in total. The maximum atomic E-state index is 14.1. The molecule has 7 atom stereocenters. The van der Waals surface area contributed by atoms with E-state index in [0.717, 1.165) is 16.5 Å². The largest absolute Gasteiger partial charge is 0.462 e. The number of fused-ring (bicyclic) bond motifs is 1. The molecule has 224 valence electrons. The van der Waals surface area contributed by atoms with Crippen molar-refractivity contribution >= 4 is 30.3 Å². The summed E-state index contributed by atoms with van der Waals surface area (Å²) in [4.78, 5) is 16.9. The topological polar surface area (TPSA) is 185 Å². The molecule has 6 N–H and O–H groups in total. The number of halogens is 1. The summed E-state index contributed by atoms with van der Waals surface area (Å²) in [5.74, 6) is -2.05. The van der Waals surface area contributed by atoms with E-state index in [4.69, 9.17) is 24.3 Å². The average molecular weight is 597 g/mol. The molecule has 0 bridgehead atoms. The van der Waals surface area contributed by atoms with Gasteiger partial charge in [0, 0.05) is 11.6 Å². The number of aliphatic hydroxyl groups excluding tert-OH is 2. The number of rotatable bonds is 10. The van der Waals surface area contributed by atoms with Crippen LogP contribution in [0.5, 0.6) is 5.75 Å². The van der Waals surface area contributed by atoms with Gasteiger partial charge in [-0.25, -0.2) is 13.9 Å². The maximum Gasteiger partial charge on any atom is 0.459 e. The second kappa shape index (κ2) is 12.0. The third kappa shape index (κ3) is 6.70. The number of esters is 1. The molecule has 2 aliphatic rings. The van der Waals surface area contributed by atoms with Crippen LogP contribution in [-0.4, -0.2) is 81.2 Å². The Labute approximate surface area is 235 Å². The van der Waals surface area contributed by atoms with Crippen molar-refractivity contribution in [2.45, 2.75) is 70.2 Å². The van der Waals surface area contributed by atoms with Crippen LogP contribution in [0.3, 0.4) is 0 Å². The summed E-state index contributed by atoms with van der Waals surface area (Å²) in [6.45, 7) is 5.33. The SMILES string of the molecule is CC(C)OC(=O)[C@@H](C)NP(=O)(OC[C@H]1O[C@@H](N2C=C(F)C(N)=NC2O)[C@](C)(O)[C@@H]1O)Oc1cccc2ccccc12. The minimum atomic E-state index is -4.40. The zero-order valence-electron chi connectivity index (χ0n) is 22.9. The summed E-state index contributed by atoms with van der Waals surface area (Å²) < 4.78 is 50.6. The van der Waals surface area contributed by atoms with E-state index in [0.29, 0.717) is 5.39 Å². The highest BCUT2D eigenvalue weighted by Gasteiger charge is 2.56. The molecular weight excluding hydrogens is 562 g/mol. The van der Waals surface area contributed by atoms with E-state index in [1.54, 1.807) is 38.1 Å². The lowest BCUT2D eigenvalue weighted by atomic mass is 9.96. The Hall–Kier alpha value is -3.10. The van der Waals surface area contributed by atoms with Gasteiger partial charge < -0.3 is 40.0 Å². The molecular formula is C26H34FN4O9P. The lowest BCUT2D eigenvalue weighted by Gasteiger charge is -2.37. The summed E-state index contributed by atoms with van der Waals surface area (Å²) in [6.07, 6.45) is -5.86. The molecule has 2 aromatic carbocycles. The Morgan fingerprint density at radius 3 is 2.63 bits per heavy atom. The number of nitrogens with two attached hydrogens (primary N) is 1. The summed E-state index contributed by atoms with van der Waals surface area (Å²) in [5, 5.41) is 36.1. The Kier molecular flexibility index (Phi) is 9.04. The zero-order chi connectivity index (χ0) is 30.1. The fourth-order valence-corrected chi connectivity index (χ4v) is 5.92. The molecule has 0 aromatic heterocycles. The van der Waals surface area contributed by atoms with E-state index in [1.807, 2.05) is 18.2 Å². The maximum absolute atomic E-state index is 14.1. The lowest BCUT2D eigenvalue weighted by molar-refractivity contribution is -0.160. The number of aliphatic hydroxyl groups is 3. The number of nitrogens with zero attached hydrogens (tertiary/aromatic N) is 2. The lowest BCUT2D eigenvalue weighted by Crippen LogP contribution is -2.55. The Bertz CT molecular complexity index is 1380. The van der Waals surface area contributed by atoms with E-state index in [-0.39, 0.29) is 5.75 Å². The molecule has 2 heterocycles. The molecule has 15 heteroatoms. The number of carbonyl (C=O) groups excluding carboxylic acids is 1. The van der Waals surface area contributed by atoms with Crippen LogP contribution in [0.15, 0.2) is 59.5 Å². The number of amidine groups is 1. The third-order valence-corrected chi connectivity index (χ3v) is 8.12. The number of nitrogens with one attached hydrogen (secondary N) is 1. The van der Waals surface area contributed by atoms with E-state index in [1.165, 1.54) is 13.8 Å². The quantitative estimate of drug-likeness (QED) is 0.198. The van der Waals surface area contributed by atoms with Gasteiger partial charge in [0.15, 0.2) is 17.9 Å². The smallest absolute Gasteiger partial charge is 0.459 e. The molecule has 0 amide bonds. The van der Waals surface area contributed by atoms with Crippen LogP contribution in [0.1, 0.15) is 27.7 Å². The first-order valence-corrected chi connectivity index (χ1v) is 14.4. The van der Waals surface area contributed by atoms with Crippen molar-refractivity contribution in [2.75, 3.05) is 6.61 Å². The van der Waals surface area contributed by atoms with Crippen molar-refractivity contribution in [3.8, 4) is 5.75 Å². The standard InChI is InChI=1S/C26H34FN4O9P/c1-14(2)38-23(33)15(3)30-41(36,40-19-11-7-9-16-8-5-6-10-17(16)19)37-13-20-21(32)26(4,35)24(39-20)31-12-18(27)22(28)29-25(31)34/h5-12,14-15,20-21,24-25,32,34-35H,13H2,1-4H3,(H2,28,29)(H,30,36)/t15-,20-,21-,24-,25?,26-,41?/m1/s1. The number of hydrogen-bond acceptors (Lipinski definition) is 12. The van der Waals surface area contributed by atoms with Crippen LogP contribution in [0, 0.1) is 0 Å². The number of aliphatic imine (C=N–C) groups is 1. The van der Waals surface area contributed by atoms with Gasteiger partial charge in [-0.1, -0.05) is 36.4 Å². The van der Waals surface area contributed by atoms with Gasteiger partial charge in [-0.05, 0) is 39.1 Å². The number of carbonyl (C=O) groups is 1. The molecule has 41 heavy (non-hydrogen) atoms. The van der Waals surface area contributed by atoms with Crippen LogP contribution in [0.25, 0.3) is 10.8 Å². The average Bonchev–Trinajstić information content (AvgIpc) is 3.13. The zero-order valence-corrected chi connectivity index (χ0v) is 23.8. The molecule has 0 radical (unpaired) electrons. The molecule has 1 fully saturated rings. The van der Waals surface area contributed by atoms with Gasteiger partial charge in [0.25, 0.3) is 0 Å². The molecule has 0 spiro atoms. The molecule has 0 saturated carbocycles. The second-order valence-electron chi connectivity index (χ2n) is 10.2. The third-order valence-electron chi connectivity index (χ3n) is 6.49. The van der Waals surface area contributed by atoms with Crippen LogP contribution in [0.4, 0.5) is 4.39 Å². The summed E-state index contributed by atoms with van der Waals surface area (Å²) in [5.41, 5.74) is 3.32. The van der Waals surface area contributed by atoms with E-state index in [2.05, 4.69) is 10.1 Å². The predicted octanol–water partition coefficient (Wildman–Crippen LogP) is 1.87. The molecule has 0 aliphatic carbocycles. The van der Waals surface area contributed by atoms with Crippen LogP contribution in [-0.2, 0) is 23.4 Å². The van der Waals surface area contributed by atoms with Crippen molar-refractivity contribution in [1.29, 1.82) is 0 Å². The van der Waals surface area contributed by atoms with Gasteiger partial charge in [-0.2, -0.15) is 5.09 Å². The summed E-state index contributed by atoms with van der Waals surface area (Å²) in [6, 6.07) is 11.1. The normalized spacial score (nSPS) is 28.7. The predicted molar refractivity (Wildman–Crippen MR) is 146 cm³/mol. The summed E-state index contributed by atoms with van der Waals surface area (Å²) >= 11 is 0. The molecule has 4 rings (SSSR count). The minimum absolute atomic E-state index is 0.189. The Morgan fingerprint density at radius 2 is 1.93 bits per heavy atom. The second-order valence-corrected chi connectivity index (χ2v) is 11.9. The van der Waals surface area contributed by atoms with Crippen LogP contribution in [0.2, 0.25) is 0 Å². The van der Waals surface area contributed by atoms with Gasteiger partial charge in [-0.15, -0.1) is 0 Å². The first-order valence-electron chi connectivity index (χ1n) is 12.8. The van der Waals surface area contributed by atoms with Gasteiger partial charge in [0.05, 0.1) is 12.7 Å². The van der Waals surface area contributed by atoms with Gasteiger partial charge in [0.2, 0.25) is 6.35 Å². The van der Waals surface area contributed by atoms with Crippen LogP contribution >= 0.6 is 7.75 Å². The number of hydrogen-bond donors (Lipinski definition) is 5. The Morgan fingerprint density at radius 1 is 1.24 bits per heavy atom. The highest BCUT2D eigenvalue weighted by molar-refractivity contribution is 7.52. The first kappa shape index (κ1) is 30.8. The molecule has 2 aromatic rings. The molecule has 2 aliphatic heterocycles. The highest BCUT2D eigenvalue weighted by atomic mass is 31.2. The fourth-order valence-electron chi connectivity index (χ4n) is 4.40. The number of benzene rings is 2. The van der Waals surface area contributed by atoms with Crippen molar-refractivity contribution in [1.82, 2.24) is 9.99 Å². The van der Waals surface area contributed by atoms with Gasteiger partial charge in [0.1, 0.15) is 29.6 Å². The summed E-state index contributed by atoms with van der Waals surface area (Å²) in [7, 11) is -4.40. The van der Waals surface area contributed by atoms with Gasteiger partial charge >= 0.3 is 13.7 Å². The Balaban J connectivity index is 1.57.